The van der Waals surface area contributed by atoms with Gasteiger partial charge in [-0.15, -0.1) is 11.8 Å². The van der Waals surface area contributed by atoms with Crippen LogP contribution in [0.5, 0.6) is 0 Å². The summed E-state index contributed by atoms with van der Waals surface area (Å²) in [4.78, 5) is 18.5. The van der Waals surface area contributed by atoms with E-state index in [2.05, 4.69) is 11.0 Å². The predicted octanol–water partition coefficient (Wildman–Crippen LogP) is 2.38. The quantitative estimate of drug-likeness (QED) is 0.878. The van der Waals surface area contributed by atoms with Crippen LogP contribution < -0.4 is 4.90 Å². The zero-order valence-electron chi connectivity index (χ0n) is 15.2. The van der Waals surface area contributed by atoms with Crippen molar-refractivity contribution in [1.29, 1.82) is 0 Å². The Morgan fingerprint density at radius 3 is 2.96 bits per heavy atom. The highest BCUT2D eigenvalue weighted by molar-refractivity contribution is 7.99. The summed E-state index contributed by atoms with van der Waals surface area (Å²) in [6, 6.07) is 8.32. The normalized spacial score (nSPS) is 30.0. The van der Waals surface area contributed by atoms with Crippen molar-refractivity contribution >= 4 is 23.4 Å². The molecular weight excluding hydrogens is 348 g/mol. The summed E-state index contributed by atoms with van der Waals surface area (Å²) >= 11 is 1.82. The third-order valence-corrected chi connectivity index (χ3v) is 6.97. The van der Waals surface area contributed by atoms with E-state index in [1.807, 2.05) is 34.9 Å². The van der Waals surface area contributed by atoms with Gasteiger partial charge in [0.2, 0.25) is 5.91 Å². The number of rotatable bonds is 3. The lowest BCUT2D eigenvalue weighted by atomic mass is 9.80. The zero-order valence-corrected chi connectivity index (χ0v) is 16.0. The van der Waals surface area contributed by atoms with Gasteiger partial charge in [0.25, 0.3) is 0 Å². The van der Waals surface area contributed by atoms with Crippen LogP contribution in [-0.4, -0.2) is 66.7 Å². The predicted molar refractivity (Wildman–Crippen MR) is 104 cm³/mol. The molecule has 1 aromatic carbocycles. The van der Waals surface area contributed by atoms with Gasteiger partial charge < -0.3 is 14.7 Å². The van der Waals surface area contributed by atoms with Gasteiger partial charge in [0.05, 0.1) is 31.5 Å². The van der Waals surface area contributed by atoms with Gasteiger partial charge in [0, 0.05) is 35.7 Å². The van der Waals surface area contributed by atoms with Gasteiger partial charge >= 0.3 is 0 Å². The minimum atomic E-state index is -0.264. The maximum atomic E-state index is 13.1. The van der Waals surface area contributed by atoms with Crippen LogP contribution in [0.25, 0.3) is 0 Å². The average molecular weight is 377 g/mol. The highest BCUT2D eigenvalue weighted by atomic mass is 32.2. The van der Waals surface area contributed by atoms with Crippen LogP contribution in [0.2, 0.25) is 0 Å². The number of carbonyl (C=O) groups excluding carboxylic acids is 1. The molecular formula is C20H28N2O3S. The number of aliphatic hydroxyl groups is 1. The molecule has 0 radical (unpaired) electrons. The number of morpholine rings is 1. The molecule has 0 spiro atoms. The van der Waals surface area contributed by atoms with Crippen molar-refractivity contribution in [2.45, 2.75) is 42.7 Å². The number of anilines is 1. The summed E-state index contributed by atoms with van der Waals surface area (Å²) in [5, 5.41) is 10.5. The third-order valence-electron chi connectivity index (χ3n) is 5.92. The lowest BCUT2D eigenvalue weighted by molar-refractivity contribution is -0.124. The third kappa shape index (κ3) is 3.79. The highest BCUT2D eigenvalue weighted by Crippen LogP contribution is 2.35. The minimum Gasteiger partial charge on any atom is -0.393 e. The summed E-state index contributed by atoms with van der Waals surface area (Å²) in [5.74, 6) is 1.33. The fourth-order valence-corrected chi connectivity index (χ4v) is 5.52. The van der Waals surface area contributed by atoms with E-state index in [0.717, 1.165) is 50.2 Å². The topological polar surface area (TPSA) is 53.0 Å². The van der Waals surface area contributed by atoms with Gasteiger partial charge in [-0.3, -0.25) is 9.69 Å². The number of benzene rings is 1. The molecule has 1 aliphatic carbocycles. The standard InChI is InChI=1S/C20H28N2O3S/c23-18-7-3-1-5-15(18)17-14-25-11-9-21(17)13-20(24)22-10-12-26-19-8-4-2-6-16(19)22/h2,4,6,8,15,17-18,23H,1,3,5,7,9-14H2. The number of thioether (sulfide) groups is 1. The SMILES string of the molecule is O=C(CN1CCOCC1C1CCCCC1O)N1CCSc2ccccc21. The fourth-order valence-electron chi connectivity index (χ4n) is 4.52. The molecule has 3 unspecified atom stereocenters. The molecule has 2 heterocycles. The summed E-state index contributed by atoms with van der Waals surface area (Å²) in [6.07, 6.45) is 3.91. The first-order chi connectivity index (χ1) is 12.7. The Kier molecular flexibility index (Phi) is 5.84. The van der Waals surface area contributed by atoms with Gasteiger partial charge in [0.15, 0.2) is 0 Å². The Hall–Kier alpha value is -1.08. The van der Waals surface area contributed by atoms with E-state index in [9.17, 15) is 9.90 Å². The van der Waals surface area contributed by atoms with Gasteiger partial charge in [0.1, 0.15) is 0 Å². The Labute approximate surface area is 159 Å². The number of amides is 1. The molecule has 4 rings (SSSR count). The molecule has 26 heavy (non-hydrogen) atoms. The van der Waals surface area contributed by atoms with Gasteiger partial charge in [-0.25, -0.2) is 0 Å². The molecule has 3 aliphatic rings. The van der Waals surface area contributed by atoms with E-state index in [4.69, 9.17) is 4.74 Å². The number of nitrogens with zero attached hydrogens (tertiary/aromatic N) is 2. The molecule has 1 aromatic rings. The van der Waals surface area contributed by atoms with Crippen LogP contribution in [0.15, 0.2) is 29.2 Å². The molecule has 1 saturated heterocycles. The number of para-hydroxylation sites is 1. The van der Waals surface area contributed by atoms with Crippen LogP contribution in [0.4, 0.5) is 5.69 Å². The lowest BCUT2D eigenvalue weighted by Crippen LogP contribution is -2.56. The van der Waals surface area contributed by atoms with Crippen molar-refractivity contribution in [3.05, 3.63) is 24.3 Å². The van der Waals surface area contributed by atoms with Crippen LogP contribution in [0, 0.1) is 5.92 Å². The minimum absolute atomic E-state index is 0.150. The second-order valence-electron chi connectivity index (χ2n) is 7.49. The summed E-state index contributed by atoms with van der Waals surface area (Å²) in [6.45, 7) is 3.24. The fraction of sp³-hybridized carbons (Fsp3) is 0.650. The van der Waals surface area contributed by atoms with E-state index in [-0.39, 0.29) is 24.0 Å². The van der Waals surface area contributed by atoms with Crippen LogP contribution in [-0.2, 0) is 9.53 Å². The average Bonchev–Trinajstić information content (AvgIpc) is 2.68. The maximum absolute atomic E-state index is 13.1. The Morgan fingerprint density at radius 1 is 1.23 bits per heavy atom. The second kappa shape index (κ2) is 8.30. The van der Waals surface area contributed by atoms with E-state index < -0.39 is 0 Å². The summed E-state index contributed by atoms with van der Waals surface area (Å²) in [7, 11) is 0. The van der Waals surface area contributed by atoms with Crippen LogP contribution in [0.3, 0.4) is 0 Å². The molecule has 0 bridgehead atoms. The molecule has 6 heteroatoms. The first kappa shape index (κ1) is 18.3. The van der Waals surface area contributed by atoms with Crippen LogP contribution in [0.1, 0.15) is 25.7 Å². The van der Waals surface area contributed by atoms with Crippen molar-refractivity contribution in [2.75, 3.05) is 43.5 Å². The largest absolute Gasteiger partial charge is 0.393 e. The van der Waals surface area contributed by atoms with Crippen molar-refractivity contribution in [2.24, 2.45) is 5.92 Å². The molecule has 0 aromatic heterocycles. The smallest absolute Gasteiger partial charge is 0.241 e. The van der Waals surface area contributed by atoms with Crippen molar-refractivity contribution < 1.29 is 14.6 Å². The van der Waals surface area contributed by atoms with E-state index in [1.165, 1.54) is 4.90 Å². The van der Waals surface area contributed by atoms with Crippen molar-refractivity contribution in [3.8, 4) is 0 Å². The molecule has 142 valence electrons. The number of ether oxygens (including phenoxy) is 1. The molecule has 1 saturated carbocycles. The number of carbonyl (C=O) groups is 1. The van der Waals surface area contributed by atoms with E-state index >= 15 is 0 Å². The van der Waals surface area contributed by atoms with Gasteiger partial charge in [-0.2, -0.15) is 0 Å². The molecule has 1 N–H and O–H groups in total. The monoisotopic (exact) mass is 376 g/mol. The molecule has 3 atom stereocenters. The van der Waals surface area contributed by atoms with Gasteiger partial charge in [-0.05, 0) is 25.0 Å². The number of hydrogen-bond donors (Lipinski definition) is 1. The van der Waals surface area contributed by atoms with Crippen molar-refractivity contribution in [3.63, 3.8) is 0 Å². The molecule has 5 nitrogen and oxygen atoms in total. The highest BCUT2D eigenvalue weighted by Gasteiger charge is 2.37. The van der Waals surface area contributed by atoms with Crippen LogP contribution >= 0.6 is 11.8 Å². The molecule has 2 aliphatic heterocycles. The molecule has 1 amide bonds. The molecule has 2 fully saturated rings. The first-order valence-corrected chi connectivity index (χ1v) is 10.7. The summed E-state index contributed by atoms with van der Waals surface area (Å²) < 4.78 is 5.72. The number of fused-ring (bicyclic) bond motifs is 1. The summed E-state index contributed by atoms with van der Waals surface area (Å²) in [5.41, 5.74) is 1.04. The lowest BCUT2D eigenvalue weighted by Gasteiger charge is -2.43. The maximum Gasteiger partial charge on any atom is 0.241 e. The van der Waals surface area contributed by atoms with E-state index in [0.29, 0.717) is 19.8 Å². The van der Waals surface area contributed by atoms with E-state index in [1.54, 1.807) is 0 Å². The zero-order chi connectivity index (χ0) is 17.9. The number of hydrogen-bond acceptors (Lipinski definition) is 5. The Morgan fingerprint density at radius 2 is 2.08 bits per heavy atom. The number of aliphatic hydroxyl groups excluding tert-OH is 1. The first-order valence-electron chi connectivity index (χ1n) is 9.76. The Balaban J connectivity index is 1.47. The second-order valence-corrected chi connectivity index (χ2v) is 8.63. The van der Waals surface area contributed by atoms with Gasteiger partial charge in [-0.1, -0.05) is 25.0 Å². The van der Waals surface area contributed by atoms with Crippen molar-refractivity contribution in [1.82, 2.24) is 4.90 Å². The Bertz CT molecular complexity index is 641.